The van der Waals surface area contributed by atoms with E-state index in [2.05, 4.69) is 10.6 Å². The molecule has 25 heavy (non-hydrogen) atoms. The topological polar surface area (TPSA) is 95.6 Å². The quantitative estimate of drug-likeness (QED) is 0.785. The van der Waals surface area contributed by atoms with Crippen LogP contribution in [0.2, 0.25) is 0 Å². The summed E-state index contributed by atoms with van der Waals surface area (Å²) in [4.78, 5) is 24.2. The Morgan fingerprint density at radius 3 is 2.68 bits per heavy atom. The molecule has 1 aliphatic heterocycles. The molecule has 0 spiro atoms. The van der Waals surface area contributed by atoms with Crippen LogP contribution in [0.3, 0.4) is 0 Å². The molecule has 1 aromatic carbocycles. The molecule has 0 bridgehead atoms. The number of amides is 2. The Kier molecular flexibility index (Phi) is 6.05. The van der Waals surface area contributed by atoms with Gasteiger partial charge in [-0.25, -0.2) is 8.42 Å². The molecule has 1 atom stereocenters. The van der Waals surface area contributed by atoms with E-state index >= 15 is 0 Å². The molecule has 0 fully saturated rings. The van der Waals surface area contributed by atoms with Crippen molar-refractivity contribution in [2.75, 3.05) is 23.7 Å². The molecule has 0 aromatic heterocycles. The number of hydrogen-bond acceptors (Lipinski definition) is 4. The number of nitrogens with one attached hydrogen (secondary N) is 2. The zero-order chi connectivity index (χ0) is 18.6. The van der Waals surface area contributed by atoms with Gasteiger partial charge in [0.05, 0.1) is 11.9 Å². The molecule has 138 valence electrons. The summed E-state index contributed by atoms with van der Waals surface area (Å²) in [5.74, 6) is -0.574. The van der Waals surface area contributed by atoms with E-state index < -0.39 is 16.1 Å². The number of carbonyl (C=O) groups excluding carboxylic acids is 2. The van der Waals surface area contributed by atoms with Crippen molar-refractivity contribution in [3.8, 4) is 0 Å². The Morgan fingerprint density at radius 1 is 1.32 bits per heavy atom. The molecule has 0 radical (unpaired) electrons. The van der Waals surface area contributed by atoms with Crippen LogP contribution < -0.4 is 14.9 Å². The van der Waals surface area contributed by atoms with Crippen LogP contribution in [-0.2, 0) is 21.2 Å². The van der Waals surface area contributed by atoms with Gasteiger partial charge in [0.15, 0.2) is 0 Å². The number of anilines is 1. The van der Waals surface area contributed by atoms with Gasteiger partial charge in [0.25, 0.3) is 5.91 Å². The maximum atomic E-state index is 12.4. The van der Waals surface area contributed by atoms with Crippen LogP contribution in [-0.4, -0.2) is 45.6 Å². The van der Waals surface area contributed by atoms with Gasteiger partial charge in [-0.2, -0.15) is 0 Å². The van der Waals surface area contributed by atoms with E-state index in [4.69, 9.17) is 0 Å². The highest BCUT2D eigenvalue weighted by molar-refractivity contribution is 7.92. The third-order valence-corrected chi connectivity index (χ3v) is 5.29. The lowest BCUT2D eigenvalue weighted by atomic mass is 10.0. The second-order valence-electron chi connectivity index (χ2n) is 6.27. The largest absolute Gasteiger partial charge is 0.354 e. The number of nitrogens with zero attached hydrogens (tertiary/aromatic N) is 1. The number of rotatable bonds is 6. The Bertz CT molecular complexity index is 761. The molecule has 1 aliphatic rings. The molecular weight excluding hydrogens is 342 g/mol. The van der Waals surface area contributed by atoms with E-state index in [9.17, 15) is 18.0 Å². The molecule has 2 rings (SSSR count). The van der Waals surface area contributed by atoms with E-state index in [1.54, 1.807) is 25.1 Å². The molecule has 2 N–H and O–H groups in total. The van der Waals surface area contributed by atoms with E-state index in [-0.39, 0.29) is 11.8 Å². The van der Waals surface area contributed by atoms with E-state index in [0.29, 0.717) is 30.8 Å². The first-order valence-corrected chi connectivity index (χ1v) is 10.3. The van der Waals surface area contributed by atoms with Crippen LogP contribution in [0.15, 0.2) is 18.2 Å². The zero-order valence-corrected chi connectivity index (χ0v) is 15.6. The first-order valence-electron chi connectivity index (χ1n) is 8.43. The summed E-state index contributed by atoms with van der Waals surface area (Å²) >= 11 is 0. The van der Waals surface area contributed by atoms with Crippen LogP contribution in [0.1, 0.15) is 42.6 Å². The van der Waals surface area contributed by atoms with Gasteiger partial charge in [-0.3, -0.25) is 13.9 Å². The Hall–Kier alpha value is -2.09. The highest BCUT2D eigenvalue weighted by Gasteiger charge is 2.25. The lowest BCUT2D eigenvalue weighted by Crippen LogP contribution is -2.45. The van der Waals surface area contributed by atoms with Gasteiger partial charge in [0, 0.05) is 18.7 Å². The Labute approximate surface area is 148 Å². The van der Waals surface area contributed by atoms with Crippen molar-refractivity contribution in [3.05, 3.63) is 29.3 Å². The third kappa shape index (κ3) is 4.72. The minimum atomic E-state index is -3.33. The number of fused-ring (bicyclic) bond motifs is 1. The summed E-state index contributed by atoms with van der Waals surface area (Å²) in [6, 6.07) is 4.32. The number of carbonyl (C=O) groups is 2. The van der Waals surface area contributed by atoms with Gasteiger partial charge in [0.1, 0.15) is 6.04 Å². The predicted molar refractivity (Wildman–Crippen MR) is 97.2 cm³/mol. The average Bonchev–Trinajstić information content (AvgIpc) is 2.57. The fraction of sp³-hybridized carbons (Fsp3) is 0.529. The molecule has 0 unspecified atom stereocenters. The van der Waals surface area contributed by atoms with Crippen LogP contribution in [0.4, 0.5) is 5.69 Å². The summed E-state index contributed by atoms with van der Waals surface area (Å²) in [6.45, 7) is 4.61. The zero-order valence-electron chi connectivity index (χ0n) is 14.8. The van der Waals surface area contributed by atoms with Gasteiger partial charge in [-0.15, -0.1) is 0 Å². The summed E-state index contributed by atoms with van der Waals surface area (Å²) in [6.07, 6.45) is 3.43. The van der Waals surface area contributed by atoms with Crippen molar-refractivity contribution >= 4 is 27.5 Å². The molecule has 0 aliphatic carbocycles. The van der Waals surface area contributed by atoms with Crippen LogP contribution in [0.5, 0.6) is 0 Å². The predicted octanol–water partition coefficient (Wildman–Crippen LogP) is 1.04. The number of sulfonamides is 1. The first-order chi connectivity index (χ1) is 11.7. The highest BCUT2D eigenvalue weighted by Crippen LogP contribution is 2.29. The molecule has 0 saturated carbocycles. The van der Waals surface area contributed by atoms with Crippen molar-refractivity contribution in [2.45, 2.75) is 39.2 Å². The van der Waals surface area contributed by atoms with Gasteiger partial charge < -0.3 is 10.6 Å². The third-order valence-electron chi connectivity index (χ3n) is 4.11. The van der Waals surface area contributed by atoms with Crippen LogP contribution >= 0.6 is 0 Å². The lowest BCUT2D eigenvalue weighted by molar-refractivity contribution is -0.122. The smallest absolute Gasteiger partial charge is 0.251 e. The fourth-order valence-corrected chi connectivity index (χ4v) is 3.79. The number of benzene rings is 1. The molecular formula is C17H25N3O4S. The van der Waals surface area contributed by atoms with Gasteiger partial charge >= 0.3 is 0 Å². The minimum absolute atomic E-state index is 0.226. The fourth-order valence-electron chi connectivity index (χ4n) is 2.80. The highest BCUT2D eigenvalue weighted by atomic mass is 32.2. The normalized spacial score (nSPS) is 15.2. The summed E-state index contributed by atoms with van der Waals surface area (Å²) in [5, 5.41) is 5.40. The maximum Gasteiger partial charge on any atom is 0.251 e. The van der Waals surface area contributed by atoms with Crippen molar-refractivity contribution in [2.24, 2.45) is 0 Å². The summed E-state index contributed by atoms with van der Waals surface area (Å²) < 4.78 is 25.1. The number of hydrogen-bond donors (Lipinski definition) is 2. The molecule has 0 saturated heterocycles. The van der Waals surface area contributed by atoms with E-state index in [0.717, 1.165) is 18.4 Å². The average molecular weight is 367 g/mol. The van der Waals surface area contributed by atoms with E-state index in [1.807, 2.05) is 6.92 Å². The Morgan fingerprint density at radius 2 is 2.04 bits per heavy atom. The summed E-state index contributed by atoms with van der Waals surface area (Å²) in [7, 11) is -3.33. The van der Waals surface area contributed by atoms with Crippen molar-refractivity contribution in [1.29, 1.82) is 0 Å². The molecule has 8 heteroatoms. The van der Waals surface area contributed by atoms with Crippen molar-refractivity contribution in [3.63, 3.8) is 0 Å². The molecule has 1 heterocycles. The Balaban J connectivity index is 2.13. The second kappa shape index (κ2) is 7.86. The SMILES string of the molecule is CCCNC(=O)[C@@H](C)NC(=O)c1ccc2c(c1)CCCN2S(C)(=O)=O. The lowest BCUT2D eigenvalue weighted by Gasteiger charge is -2.29. The molecule has 1 aromatic rings. The van der Waals surface area contributed by atoms with Crippen molar-refractivity contribution in [1.82, 2.24) is 10.6 Å². The molecule has 7 nitrogen and oxygen atoms in total. The summed E-state index contributed by atoms with van der Waals surface area (Å²) in [5.41, 5.74) is 1.87. The first kappa shape index (κ1) is 19.2. The van der Waals surface area contributed by atoms with Crippen LogP contribution in [0.25, 0.3) is 0 Å². The molecule has 2 amide bonds. The number of aryl methyl sites for hydroxylation is 1. The minimum Gasteiger partial charge on any atom is -0.354 e. The van der Waals surface area contributed by atoms with Crippen molar-refractivity contribution < 1.29 is 18.0 Å². The maximum absolute atomic E-state index is 12.4. The van der Waals surface area contributed by atoms with Crippen LogP contribution in [0, 0.1) is 0 Å². The van der Waals surface area contributed by atoms with Gasteiger partial charge in [-0.05, 0) is 49.9 Å². The van der Waals surface area contributed by atoms with Gasteiger partial charge in [0.2, 0.25) is 15.9 Å². The second-order valence-corrected chi connectivity index (χ2v) is 8.18. The van der Waals surface area contributed by atoms with Gasteiger partial charge in [-0.1, -0.05) is 6.92 Å². The monoisotopic (exact) mass is 367 g/mol. The standard InChI is InChI=1S/C17H25N3O4S/c1-4-9-18-16(21)12(2)19-17(22)14-7-8-15-13(11-14)6-5-10-20(15)25(3,23)24/h7-8,11-12H,4-6,9-10H2,1-3H3,(H,18,21)(H,19,22)/t12-/m1/s1. The van der Waals surface area contributed by atoms with E-state index in [1.165, 1.54) is 10.6 Å².